The van der Waals surface area contributed by atoms with Gasteiger partial charge in [-0.3, -0.25) is 0 Å². The van der Waals surface area contributed by atoms with E-state index in [9.17, 15) is 5.11 Å². The zero-order valence-corrected chi connectivity index (χ0v) is 16.9. The lowest BCUT2D eigenvalue weighted by Gasteiger charge is -2.57. The Kier molecular flexibility index (Phi) is 4.39. The number of ether oxygens (including phenoxy) is 2. The molecule has 3 heteroatoms. The first-order valence-electron chi connectivity index (χ1n) is 10.6. The molecule has 28 heavy (non-hydrogen) atoms. The van der Waals surface area contributed by atoms with Gasteiger partial charge in [-0.25, -0.2) is 0 Å². The molecule has 0 radical (unpaired) electrons. The third kappa shape index (κ3) is 2.83. The average Bonchev–Trinajstić information content (AvgIpc) is 2.71. The molecule has 0 aliphatic heterocycles. The van der Waals surface area contributed by atoms with Crippen LogP contribution in [0, 0.1) is 17.8 Å². The van der Waals surface area contributed by atoms with Gasteiger partial charge in [0.15, 0.2) is 11.5 Å². The van der Waals surface area contributed by atoms with Gasteiger partial charge in [-0.2, -0.15) is 0 Å². The van der Waals surface area contributed by atoms with Gasteiger partial charge in [0.25, 0.3) is 0 Å². The van der Waals surface area contributed by atoms with Gasteiger partial charge in [0.05, 0.1) is 14.2 Å². The van der Waals surface area contributed by atoms with E-state index >= 15 is 0 Å². The van der Waals surface area contributed by atoms with Crippen LogP contribution >= 0.6 is 0 Å². The first kappa shape index (κ1) is 18.1. The lowest BCUT2D eigenvalue weighted by atomic mass is 9.48. The molecule has 1 unspecified atom stereocenters. The molecule has 1 atom stereocenters. The SMILES string of the molecule is COc1cc(C(O)c2ccccc2)cc(C23CC4CC(CC(C4)C2)C3)c1OC. The van der Waals surface area contributed by atoms with Crippen molar-refractivity contribution in [3.05, 3.63) is 59.2 Å². The predicted octanol–water partition coefficient (Wildman–Crippen LogP) is 5.25. The number of hydrogen-bond acceptors (Lipinski definition) is 3. The quantitative estimate of drug-likeness (QED) is 0.772. The average molecular weight is 379 g/mol. The van der Waals surface area contributed by atoms with Crippen molar-refractivity contribution in [1.82, 2.24) is 0 Å². The van der Waals surface area contributed by atoms with Gasteiger partial charge in [-0.05, 0) is 85.0 Å². The van der Waals surface area contributed by atoms with Crippen molar-refractivity contribution in [3.63, 3.8) is 0 Å². The fraction of sp³-hybridized carbons (Fsp3) is 0.520. The molecule has 0 spiro atoms. The first-order chi connectivity index (χ1) is 13.6. The molecule has 4 aliphatic rings. The number of aliphatic hydroxyl groups excluding tert-OH is 1. The molecule has 2 aromatic carbocycles. The van der Waals surface area contributed by atoms with Crippen LogP contribution in [0.1, 0.15) is 61.3 Å². The predicted molar refractivity (Wildman–Crippen MR) is 110 cm³/mol. The Hall–Kier alpha value is -2.00. The van der Waals surface area contributed by atoms with Gasteiger partial charge in [0.1, 0.15) is 6.10 Å². The second-order valence-electron chi connectivity index (χ2n) is 9.32. The van der Waals surface area contributed by atoms with Crippen molar-refractivity contribution in [2.24, 2.45) is 17.8 Å². The highest BCUT2D eigenvalue weighted by Gasteiger charge is 2.53. The summed E-state index contributed by atoms with van der Waals surface area (Å²) in [5.41, 5.74) is 3.25. The molecule has 148 valence electrons. The topological polar surface area (TPSA) is 38.7 Å². The Labute approximate surface area is 167 Å². The van der Waals surface area contributed by atoms with E-state index in [4.69, 9.17) is 9.47 Å². The Morgan fingerprint density at radius 1 is 0.857 bits per heavy atom. The van der Waals surface area contributed by atoms with Crippen LogP contribution in [0.25, 0.3) is 0 Å². The second-order valence-corrected chi connectivity index (χ2v) is 9.32. The van der Waals surface area contributed by atoms with Gasteiger partial charge < -0.3 is 14.6 Å². The van der Waals surface area contributed by atoms with Crippen molar-refractivity contribution < 1.29 is 14.6 Å². The van der Waals surface area contributed by atoms with Crippen LogP contribution in [0.2, 0.25) is 0 Å². The summed E-state index contributed by atoms with van der Waals surface area (Å²) in [6.07, 6.45) is 7.32. The zero-order chi connectivity index (χ0) is 19.3. The minimum absolute atomic E-state index is 0.180. The molecule has 4 aliphatic carbocycles. The summed E-state index contributed by atoms with van der Waals surface area (Å²) >= 11 is 0. The third-order valence-electron chi connectivity index (χ3n) is 7.54. The summed E-state index contributed by atoms with van der Waals surface area (Å²) < 4.78 is 11.6. The van der Waals surface area contributed by atoms with E-state index in [-0.39, 0.29) is 5.41 Å². The zero-order valence-electron chi connectivity index (χ0n) is 16.9. The number of methoxy groups -OCH3 is 2. The summed E-state index contributed by atoms with van der Waals surface area (Å²) in [6, 6.07) is 14.0. The van der Waals surface area contributed by atoms with Crippen LogP contribution in [0.4, 0.5) is 0 Å². The smallest absolute Gasteiger partial charge is 0.164 e. The third-order valence-corrected chi connectivity index (χ3v) is 7.54. The Morgan fingerprint density at radius 2 is 1.46 bits per heavy atom. The molecule has 0 aromatic heterocycles. The van der Waals surface area contributed by atoms with Crippen LogP contribution in [0.3, 0.4) is 0 Å². The highest BCUT2D eigenvalue weighted by molar-refractivity contribution is 5.55. The fourth-order valence-corrected chi connectivity index (χ4v) is 6.81. The molecule has 2 aromatic rings. The standard InChI is InChI=1S/C25H30O3/c1-27-22-12-20(23(26)19-6-4-3-5-7-19)11-21(24(22)28-2)25-13-16-8-17(14-25)10-18(9-16)15-25/h3-7,11-12,16-18,23,26H,8-10,13-15H2,1-2H3. The van der Waals surface area contributed by atoms with E-state index in [0.717, 1.165) is 40.4 Å². The van der Waals surface area contributed by atoms with E-state index in [1.54, 1.807) is 14.2 Å². The number of hydrogen-bond donors (Lipinski definition) is 1. The van der Waals surface area contributed by atoms with E-state index in [1.165, 1.54) is 44.1 Å². The van der Waals surface area contributed by atoms with Crippen molar-refractivity contribution in [2.45, 2.75) is 50.0 Å². The lowest BCUT2D eigenvalue weighted by molar-refractivity contribution is -0.00638. The largest absolute Gasteiger partial charge is 0.493 e. The summed E-state index contributed by atoms with van der Waals surface area (Å²) in [6.45, 7) is 0. The summed E-state index contributed by atoms with van der Waals surface area (Å²) in [5.74, 6) is 4.16. The molecule has 0 amide bonds. The monoisotopic (exact) mass is 378 g/mol. The van der Waals surface area contributed by atoms with E-state index in [2.05, 4.69) is 6.07 Å². The molecule has 0 saturated heterocycles. The van der Waals surface area contributed by atoms with Crippen molar-refractivity contribution in [3.8, 4) is 11.5 Å². The fourth-order valence-electron chi connectivity index (χ4n) is 6.81. The van der Waals surface area contributed by atoms with Crippen LogP contribution < -0.4 is 9.47 Å². The molecule has 4 bridgehead atoms. The number of benzene rings is 2. The highest BCUT2D eigenvalue weighted by atomic mass is 16.5. The van der Waals surface area contributed by atoms with Crippen LogP contribution in [-0.2, 0) is 5.41 Å². The van der Waals surface area contributed by atoms with E-state index < -0.39 is 6.10 Å². The van der Waals surface area contributed by atoms with Gasteiger partial charge in [0, 0.05) is 5.56 Å². The molecule has 4 saturated carbocycles. The number of aliphatic hydroxyl groups is 1. The van der Waals surface area contributed by atoms with Gasteiger partial charge in [0.2, 0.25) is 0 Å². The van der Waals surface area contributed by atoms with Gasteiger partial charge in [-0.1, -0.05) is 30.3 Å². The van der Waals surface area contributed by atoms with Crippen molar-refractivity contribution in [1.29, 1.82) is 0 Å². The minimum atomic E-state index is -0.659. The van der Waals surface area contributed by atoms with E-state index in [1.807, 2.05) is 36.4 Å². The second kappa shape index (κ2) is 6.81. The van der Waals surface area contributed by atoms with Crippen LogP contribution in [-0.4, -0.2) is 19.3 Å². The Balaban J connectivity index is 1.63. The maximum atomic E-state index is 11.1. The molecule has 3 nitrogen and oxygen atoms in total. The van der Waals surface area contributed by atoms with Gasteiger partial charge in [-0.15, -0.1) is 0 Å². The maximum Gasteiger partial charge on any atom is 0.164 e. The molecular weight excluding hydrogens is 348 g/mol. The van der Waals surface area contributed by atoms with Crippen molar-refractivity contribution in [2.75, 3.05) is 14.2 Å². The molecule has 4 fully saturated rings. The number of rotatable bonds is 5. The minimum Gasteiger partial charge on any atom is -0.493 e. The Morgan fingerprint density at radius 3 is 2.00 bits per heavy atom. The Bertz CT molecular complexity index is 822. The normalized spacial score (nSPS) is 31.6. The summed E-state index contributed by atoms with van der Waals surface area (Å²) in [4.78, 5) is 0. The highest BCUT2D eigenvalue weighted by Crippen LogP contribution is 2.62. The van der Waals surface area contributed by atoms with Crippen LogP contribution in [0.15, 0.2) is 42.5 Å². The van der Waals surface area contributed by atoms with Gasteiger partial charge >= 0.3 is 0 Å². The summed E-state index contributed by atoms with van der Waals surface area (Å²) in [5, 5.41) is 11.1. The lowest BCUT2D eigenvalue weighted by Crippen LogP contribution is -2.48. The summed E-state index contributed by atoms with van der Waals surface area (Å²) in [7, 11) is 3.44. The first-order valence-corrected chi connectivity index (χ1v) is 10.6. The van der Waals surface area contributed by atoms with E-state index in [0.29, 0.717) is 0 Å². The molecule has 6 rings (SSSR count). The molecule has 1 N–H and O–H groups in total. The molecular formula is C25H30O3. The molecule has 0 heterocycles. The van der Waals surface area contributed by atoms with Crippen molar-refractivity contribution >= 4 is 0 Å². The van der Waals surface area contributed by atoms with Crippen LogP contribution in [0.5, 0.6) is 11.5 Å². The maximum absolute atomic E-state index is 11.1.